The monoisotopic (exact) mass is 414 g/mol. The normalized spacial score (nSPS) is 14.2. The van der Waals surface area contributed by atoms with Gasteiger partial charge in [-0.1, -0.05) is 36.4 Å². The van der Waals surface area contributed by atoms with Gasteiger partial charge in [-0.2, -0.15) is 0 Å². The average molecular weight is 415 g/mol. The van der Waals surface area contributed by atoms with E-state index in [0.29, 0.717) is 12.2 Å². The van der Waals surface area contributed by atoms with Crippen LogP contribution >= 0.6 is 0 Å². The van der Waals surface area contributed by atoms with E-state index < -0.39 is 0 Å². The second-order valence-corrected chi connectivity index (χ2v) is 8.45. The van der Waals surface area contributed by atoms with E-state index in [0.717, 1.165) is 56.3 Å². The number of para-hydroxylation sites is 2. The maximum absolute atomic E-state index is 12.4. The highest BCUT2D eigenvalue weighted by Gasteiger charge is 2.22. The van der Waals surface area contributed by atoms with Crippen LogP contribution in [0.1, 0.15) is 41.5 Å². The standard InChI is InChI=1S/C26H30N4O/c1-2-30-24-12-6-4-10-20(24)21-13-16-29(18-25(21)30)15-8-7-14-27-26(31)23-17-19-9-3-5-11-22(19)28-23/h3-6,9-12,17,28H,2,7-8,13-16,18H2,1H3,(H,27,31). The molecule has 0 atom stereocenters. The van der Waals surface area contributed by atoms with Crippen molar-refractivity contribution in [1.82, 2.24) is 19.8 Å². The Bertz CT molecular complexity index is 1150. The van der Waals surface area contributed by atoms with E-state index in [1.54, 1.807) is 5.56 Å². The quantitative estimate of drug-likeness (QED) is 0.430. The number of nitrogens with one attached hydrogen (secondary N) is 2. The van der Waals surface area contributed by atoms with Crippen molar-refractivity contribution in [2.24, 2.45) is 0 Å². The van der Waals surface area contributed by atoms with Crippen molar-refractivity contribution in [1.29, 1.82) is 0 Å². The molecule has 0 aliphatic carbocycles. The van der Waals surface area contributed by atoms with Crippen molar-refractivity contribution in [2.45, 2.75) is 39.3 Å². The number of hydrogen-bond donors (Lipinski definition) is 2. The zero-order chi connectivity index (χ0) is 21.2. The Morgan fingerprint density at radius 1 is 1.10 bits per heavy atom. The molecule has 0 saturated heterocycles. The molecule has 5 rings (SSSR count). The van der Waals surface area contributed by atoms with Crippen LogP contribution in [-0.4, -0.2) is 40.0 Å². The Balaban J connectivity index is 1.12. The highest BCUT2D eigenvalue weighted by atomic mass is 16.1. The van der Waals surface area contributed by atoms with Gasteiger partial charge in [0.1, 0.15) is 5.69 Å². The lowest BCUT2D eigenvalue weighted by atomic mass is 10.0. The van der Waals surface area contributed by atoms with E-state index in [-0.39, 0.29) is 5.91 Å². The number of aromatic nitrogens is 2. The van der Waals surface area contributed by atoms with Gasteiger partial charge in [-0.15, -0.1) is 0 Å². The number of amides is 1. The summed E-state index contributed by atoms with van der Waals surface area (Å²) in [6.07, 6.45) is 3.21. The van der Waals surface area contributed by atoms with E-state index in [9.17, 15) is 4.79 Å². The molecule has 160 valence electrons. The second kappa shape index (κ2) is 8.60. The molecule has 2 aromatic carbocycles. The van der Waals surface area contributed by atoms with Gasteiger partial charge in [0.25, 0.3) is 5.91 Å². The number of H-pyrrole nitrogens is 1. The van der Waals surface area contributed by atoms with Crippen LogP contribution in [0, 0.1) is 0 Å². The van der Waals surface area contributed by atoms with Gasteiger partial charge >= 0.3 is 0 Å². The molecule has 5 nitrogen and oxygen atoms in total. The van der Waals surface area contributed by atoms with Gasteiger partial charge in [-0.25, -0.2) is 0 Å². The van der Waals surface area contributed by atoms with Crippen LogP contribution in [0.3, 0.4) is 0 Å². The van der Waals surface area contributed by atoms with E-state index in [4.69, 9.17) is 0 Å². The summed E-state index contributed by atoms with van der Waals surface area (Å²) in [5.41, 5.74) is 6.04. The van der Waals surface area contributed by atoms with Gasteiger partial charge in [-0.3, -0.25) is 9.69 Å². The van der Waals surface area contributed by atoms with Crippen molar-refractivity contribution in [3.8, 4) is 0 Å². The molecular formula is C26H30N4O. The molecule has 1 aliphatic heterocycles. The maximum Gasteiger partial charge on any atom is 0.267 e. The molecule has 3 heterocycles. The summed E-state index contributed by atoms with van der Waals surface area (Å²) in [4.78, 5) is 18.2. The number of fused-ring (bicyclic) bond motifs is 4. The minimum Gasteiger partial charge on any atom is -0.351 e. The van der Waals surface area contributed by atoms with Crippen LogP contribution in [0.25, 0.3) is 21.8 Å². The van der Waals surface area contributed by atoms with Gasteiger partial charge < -0.3 is 14.9 Å². The number of unbranched alkanes of at least 4 members (excludes halogenated alkanes) is 1. The lowest BCUT2D eigenvalue weighted by molar-refractivity contribution is 0.0948. The van der Waals surface area contributed by atoms with Gasteiger partial charge in [0.15, 0.2) is 0 Å². The fourth-order valence-electron chi connectivity index (χ4n) is 4.95. The molecule has 0 spiro atoms. The van der Waals surface area contributed by atoms with E-state index >= 15 is 0 Å². The van der Waals surface area contributed by atoms with Crippen molar-refractivity contribution in [3.05, 3.63) is 71.5 Å². The molecule has 0 bridgehead atoms. The first kappa shape index (κ1) is 19.9. The molecule has 0 fully saturated rings. The van der Waals surface area contributed by atoms with Crippen LogP contribution in [0.15, 0.2) is 54.6 Å². The largest absolute Gasteiger partial charge is 0.351 e. The van der Waals surface area contributed by atoms with Gasteiger partial charge in [0.05, 0.1) is 0 Å². The van der Waals surface area contributed by atoms with Crippen LogP contribution in [-0.2, 0) is 19.5 Å². The van der Waals surface area contributed by atoms with Crippen LogP contribution < -0.4 is 5.32 Å². The summed E-state index contributed by atoms with van der Waals surface area (Å²) in [5.74, 6) is -0.0220. The Kier molecular flexibility index (Phi) is 5.51. The first-order valence-corrected chi connectivity index (χ1v) is 11.4. The minimum absolute atomic E-state index is 0.0220. The van der Waals surface area contributed by atoms with Crippen molar-refractivity contribution >= 4 is 27.7 Å². The second-order valence-electron chi connectivity index (χ2n) is 8.45. The number of rotatable bonds is 7. The van der Waals surface area contributed by atoms with Crippen LogP contribution in [0.5, 0.6) is 0 Å². The van der Waals surface area contributed by atoms with Crippen molar-refractivity contribution in [2.75, 3.05) is 19.6 Å². The SMILES string of the molecule is CCn1c2c(c3ccccc31)CCN(CCCCNC(=O)c1cc3ccccc3[nH]1)C2. The van der Waals surface area contributed by atoms with Crippen molar-refractivity contribution in [3.63, 3.8) is 0 Å². The number of carbonyl (C=O) groups is 1. The first-order valence-electron chi connectivity index (χ1n) is 11.4. The highest BCUT2D eigenvalue weighted by molar-refractivity contribution is 5.97. The number of hydrogen-bond acceptors (Lipinski definition) is 2. The zero-order valence-corrected chi connectivity index (χ0v) is 18.2. The molecule has 0 saturated carbocycles. The third-order valence-electron chi connectivity index (χ3n) is 6.52. The highest BCUT2D eigenvalue weighted by Crippen LogP contribution is 2.30. The zero-order valence-electron chi connectivity index (χ0n) is 18.2. The van der Waals surface area contributed by atoms with E-state index in [2.05, 4.69) is 51.0 Å². The molecule has 2 N–H and O–H groups in total. The van der Waals surface area contributed by atoms with E-state index in [1.165, 1.54) is 16.6 Å². The fraction of sp³-hybridized carbons (Fsp3) is 0.346. The molecule has 0 radical (unpaired) electrons. The molecule has 0 unspecified atom stereocenters. The Morgan fingerprint density at radius 3 is 2.81 bits per heavy atom. The summed E-state index contributed by atoms with van der Waals surface area (Å²) in [5, 5.41) is 5.56. The molecule has 1 amide bonds. The van der Waals surface area contributed by atoms with Crippen molar-refractivity contribution < 1.29 is 4.79 Å². The third kappa shape index (κ3) is 3.86. The number of carbonyl (C=O) groups excluding carboxylic acids is 1. The Labute approximate surface area is 183 Å². The van der Waals surface area contributed by atoms with Crippen LogP contribution in [0.4, 0.5) is 0 Å². The number of nitrogens with zero attached hydrogens (tertiary/aromatic N) is 2. The summed E-state index contributed by atoms with van der Waals surface area (Å²) in [6.45, 7) is 7.19. The minimum atomic E-state index is -0.0220. The Hall–Kier alpha value is -3.05. The smallest absolute Gasteiger partial charge is 0.267 e. The molecule has 1 aliphatic rings. The topological polar surface area (TPSA) is 53.1 Å². The summed E-state index contributed by atoms with van der Waals surface area (Å²) >= 11 is 0. The van der Waals surface area contributed by atoms with Gasteiger partial charge in [0.2, 0.25) is 0 Å². The summed E-state index contributed by atoms with van der Waals surface area (Å²) in [6, 6.07) is 18.7. The first-order chi connectivity index (χ1) is 15.2. The van der Waals surface area contributed by atoms with E-state index in [1.807, 2.05) is 30.3 Å². The predicted octanol–water partition coefficient (Wildman–Crippen LogP) is 4.71. The average Bonchev–Trinajstić information content (AvgIpc) is 3.37. The number of aromatic amines is 1. The fourth-order valence-corrected chi connectivity index (χ4v) is 4.95. The van der Waals surface area contributed by atoms with Gasteiger partial charge in [0, 0.05) is 53.7 Å². The molecular weight excluding hydrogens is 384 g/mol. The molecule has 31 heavy (non-hydrogen) atoms. The number of aryl methyl sites for hydroxylation is 1. The van der Waals surface area contributed by atoms with Gasteiger partial charge in [-0.05, 0) is 56.5 Å². The molecule has 5 heteroatoms. The lowest BCUT2D eigenvalue weighted by Gasteiger charge is -2.28. The lowest BCUT2D eigenvalue weighted by Crippen LogP contribution is -2.33. The number of benzene rings is 2. The summed E-state index contributed by atoms with van der Waals surface area (Å²) in [7, 11) is 0. The molecule has 4 aromatic rings. The predicted molar refractivity (Wildman–Crippen MR) is 126 cm³/mol. The summed E-state index contributed by atoms with van der Waals surface area (Å²) < 4.78 is 2.48. The Morgan fingerprint density at radius 2 is 1.94 bits per heavy atom. The molecule has 2 aromatic heterocycles. The third-order valence-corrected chi connectivity index (χ3v) is 6.52. The van der Waals surface area contributed by atoms with Crippen LogP contribution in [0.2, 0.25) is 0 Å². The maximum atomic E-state index is 12.4.